The molecular weight excluding hydrogens is 314 g/mol. The standard InChI is InChI=1S/C20H19N3O2/c1-25-17-11-9-16(10-12-17)23-19(20(24)21-15-7-8-15)13-18(22-23)14-5-3-2-4-6-14/h2-6,9-13,15H,7-8H2,1H3,(H,21,24). The van der Waals surface area contributed by atoms with Crippen LogP contribution in [0.4, 0.5) is 0 Å². The fourth-order valence-electron chi connectivity index (χ4n) is 2.70. The average molecular weight is 333 g/mol. The van der Waals surface area contributed by atoms with Gasteiger partial charge in [-0.05, 0) is 43.2 Å². The molecule has 1 heterocycles. The molecule has 1 N–H and O–H groups in total. The van der Waals surface area contributed by atoms with Gasteiger partial charge in [-0.25, -0.2) is 4.68 Å². The van der Waals surface area contributed by atoms with E-state index in [0.717, 1.165) is 35.5 Å². The number of hydrogen-bond acceptors (Lipinski definition) is 3. The van der Waals surface area contributed by atoms with Crippen LogP contribution in [0.5, 0.6) is 5.75 Å². The molecule has 0 aliphatic heterocycles. The van der Waals surface area contributed by atoms with Gasteiger partial charge in [-0.15, -0.1) is 0 Å². The van der Waals surface area contributed by atoms with E-state index in [2.05, 4.69) is 10.4 Å². The predicted octanol–water partition coefficient (Wildman–Crippen LogP) is 3.44. The quantitative estimate of drug-likeness (QED) is 0.778. The molecule has 0 bridgehead atoms. The van der Waals surface area contributed by atoms with Crippen LogP contribution in [-0.4, -0.2) is 28.8 Å². The minimum Gasteiger partial charge on any atom is -0.497 e. The van der Waals surface area contributed by atoms with Crippen molar-refractivity contribution >= 4 is 5.91 Å². The van der Waals surface area contributed by atoms with Gasteiger partial charge in [0.1, 0.15) is 11.4 Å². The molecule has 0 saturated heterocycles. The molecule has 1 aromatic heterocycles. The number of carbonyl (C=O) groups excluding carboxylic acids is 1. The normalized spacial score (nSPS) is 13.5. The number of amides is 1. The Balaban J connectivity index is 1.76. The fourth-order valence-corrected chi connectivity index (χ4v) is 2.70. The molecule has 126 valence electrons. The predicted molar refractivity (Wildman–Crippen MR) is 96.0 cm³/mol. The van der Waals surface area contributed by atoms with Crippen LogP contribution in [-0.2, 0) is 0 Å². The Morgan fingerprint density at radius 3 is 2.48 bits per heavy atom. The van der Waals surface area contributed by atoms with Crippen LogP contribution in [0.25, 0.3) is 16.9 Å². The number of carbonyl (C=O) groups is 1. The largest absolute Gasteiger partial charge is 0.497 e. The number of rotatable bonds is 5. The maximum atomic E-state index is 12.7. The third-order valence-electron chi connectivity index (χ3n) is 4.24. The first-order valence-corrected chi connectivity index (χ1v) is 8.35. The molecule has 1 aliphatic carbocycles. The van der Waals surface area contributed by atoms with Crippen molar-refractivity contribution in [2.75, 3.05) is 7.11 Å². The Morgan fingerprint density at radius 2 is 1.84 bits per heavy atom. The second-order valence-corrected chi connectivity index (χ2v) is 6.14. The smallest absolute Gasteiger partial charge is 0.270 e. The molecule has 5 nitrogen and oxygen atoms in total. The van der Waals surface area contributed by atoms with Crippen LogP contribution >= 0.6 is 0 Å². The Labute approximate surface area is 146 Å². The lowest BCUT2D eigenvalue weighted by Crippen LogP contribution is -2.27. The molecular formula is C20H19N3O2. The van der Waals surface area contributed by atoms with Gasteiger partial charge in [-0.1, -0.05) is 30.3 Å². The highest BCUT2D eigenvalue weighted by molar-refractivity contribution is 5.94. The molecule has 0 radical (unpaired) electrons. The van der Waals surface area contributed by atoms with E-state index in [9.17, 15) is 4.79 Å². The lowest BCUT2D eigenvalue weighted by Gasteiger charge is -2.08. The summed E-state index contributed by atoms with van der Waals surface area (Å²) in [4.78, 5) is 12.7. The third kappa shape index (κ3) is 3.26. The zero-order valence-electron chi connectivity index (χ0n) is 14.0. The number of nitrogens with zero attached hydrogens (tertiary/aromatic N) is 2. The molecule has 1 saturated carbocycles. The van der Waals surface area contributed by atoms with Gasteiger partial charge in [-0.2, -0.15) is 5.10 Å². The van der Waals surface area contributed by atoms with Gasteiger partial charge < -0.3 is 10.1 Å². The van der Waals surface area contributed by atoms with Crippen LogP contribution < -0.4 is 10.1 Å². The molecule has 0 spiro atoms. The Morgan fingerprint density at radius 1 is 1.12 bits per heavy atom. The zero-order chi connectivity index (χ0) is 17.2. The molecule has 1 fully saturated rings. The summed E-state index contributed by atoms with van der Waals surface area (Å²) in [6.07, 6.45) is 2.10. The van der Waals surface area contributed by atoms with Crippen molar-refractivity contribution in [1.82, 2.24) is 15.1 Å². The van der Waals surface area contributed by atoms with Gasteiger partial charge in [0, 0.05) is 11.6 Å². The second-order valence-electron chi connectivity index (χ2n) is 6.14. The topological polar surface area (TPSA) is 56.2 Å². The maximum Gasteiger partial charge on any atom is 0.270 e. The van der Waals surface area contributed by atoms with E-state index in [0.29, 0.717) is 11.7 Å². The number of methoxy groups -OCH3 is 1. The summed E-state index contributed by atoms with van der Waals surface area (Å²) in [7, 11) is 1.63. The van der Waals surface area contributed by atoms with Crippen molar-refractivity contribution in [1.29, 1.82) is 0 Å². The highest BCUT2D eigenvalue weighted by Crippen LogP contribution is 2.24. The Bertz CT molecular complexity index is 881. The Kier molecular flexibility index (Phi) is 3.98. The number of ether oxygens (including phenoxy) is 1. The van der Waals surface area contributed by atoms with E-state index in [1.54, 1.807) is 11.8 Å². The maximum absolute atomic E-state index is 12.7. The van der Waals surface area contributed by atoms with E-state index in [1.165, 1.54) is 0 Å². The van der Waals surface area contributed by atoms with Crippen molar-refractivity contribution in [2.45, 2.75) is 18.9 Å². The van der Waals surface area contributed by atoms with Crippen LogP contribution in [0.15, 0.2) is 60.7 Å². The molecule has 3 aromatic rings. The van der Waals surface area contributed by atoms with Crippen molar-refractivity contribution < 1.29 is 9.53 Å². The minimum atomic E-state index is -0.0898. The van der Waals surface area contributed by atoms with Gasteiger partial charge in [0.25, 0.3) is 5.91 Å². The molecule has 25 heavy (non-hydrogen) atoms. The third-order valence-corrected chi connectivity index (χ3v) is 4.24. The minimum absolute atomic E-state index is 0.0898. The first kappa shape index (κ1) is 15.4. The zero-order valence-corrected chi connectivity index (χ0v) is 14.0. The van der Waals surface area contributed by atoms with E-state index < -0.39 is 0 Å². The Hall–Kier alpha value is -3.08. The molecule has 2 aromatic carbocycles. The van der Waals surface area contributed by atoms with E-state index in [1.807, 2.05) is 60.7 Å². The van der Waals surface area contributed by atoms with Gasteiger partial charge >= 0.3 is 0 Å². The summed E-state index contributed by atoms with van der Waals surface area (Å²) in [6, 6.07) is 19.5. The van der Waals surface area contributed by atoms with Gasteiger partial charge in [0.05, 0.1) is 18.5 Å². The van der Waals surface area contributed by atoms with Crippen molar-refractivity contribution in [3.8, 4) is 22.7 Å². The first-order valence-electron chi connectivity index (χ1n) is 8.35. The van der Waals surface area contributed by atoms with E-state index in [-0.39, 0.29) is 5.91 Å². The number of aromatic nitrogens is 2. The molecule has 1 amide bonds. The van der Waals surface area contributed by atoms with Crippen molar-refractivity contribution in [2.24, 2.45) is 0 Å². The highest BCUT2D eigenvalue weighted by Gasteiger charge is 2.26. The molecule has 1 aliphatic rings. The van der Waals surface area contributed by atoms with E-state index in [4.69, 9.17) is 4.74 Å². The highest BCUT2D eigenvalue weighted by atomic mass is 16.5. The number of nitrogens with one attached hydrogen (secondary N) is 1. The van der Waals surface area contributed by atoms with E-state index >= 15 is 0 Å². The monoisotopic (exact) mass is 333 g/mol. The van der Waals surface area contributed by atoms with Crippen LogP contribution in [0.3, 0.4) is 0 Å². The number of hydrogen-bond donors (Lipinski definition) is 1. The average Bonchev–Trinajstić information content (AvgIpc) is 3.36. The van der Waals surface area contributed by atoms with Crippen molar-refractivity contribution in [3.05, 3.63) is 66.4 Å². The lowest BCUT2D eigenvalue weighted by atomic mass is 10.1. The van der Waals surface area contributed by atoms with Gasteiger partial charge in [-0.3, -0.25) is 4.79 Å². The molecule has 4 rings (SSSR count). The summed E-state index contributed by atoms with van der Waals surface area (Å²) in [5.41, 5.74) is 3.12. The van der Waals surface area contributed by atoms with Gasteiger partial charge in [0.15, 0.2) is 0 Å². The molecule has 5 heteroatoms. The van der Waals surface area contributed by atoms with Crippen LogP contribution in [0.1, 0.15) is 23.3 Å². The van der Waals surface area contributed by atoms with Crippen molar-refractivity contribution in [3.63, 3.8) is 0 Å². The second kappa shape index (κ2) is 6.43. The first-order chi connectivity index (χ1) is 12.2. The summed E-state index contributed by atoms with van der Waals surface area (Å²) >= 11 is 0. The SMILES string of the molecule is COc1ccc(-n2nc(-c3ccccc3)cc2C(=O)NC2CC2)cc1. The lowest BCUT2D eigenvalue weighted by molar-refractivity contribution is 0.0943. The summed E-state index contributed by atoms with van der Waals surface area (Å²) in [5.74, 6) is 0.677. The number of benzene rings is 2. The summed E-state index contributed by atoms with van der Waals surface area (Å²) < 4.78 is 6.90. The summed E-state index contributed by atoms with van der Waals surface area (Å²) in [6.45, 7) is 0. The molecule has 0 unspecified atom stereocenters. The molecule has 0 atom stereocenters. The fraction of sp³-hybridized carbons (Fsp3) is 0.200. The van der Waals surface area contributed by atoms with Gasteiger partial charge in [0.2, 0.25) is 0 Å². The van der Waals surface area contributed by atoms with Crippen LogP contribution in [0.2, 0.25) is 0 Å². The summed E-state index contributed by atoms with van der Waals surface area (Å²) in [5, 5.41) is 7.71. The van der Waals surface area contributed by atoms with Crippen LogP contribution in [0, 0.1) is 0 Å².